The largest absolute Gasteiger partial charge is 0.462 e. The molecule has 6 nitrogen and oxygen atoms in total. The Balaban J connectivity index is 4.30. The second kappa shape index (κ2) is 63.4. The first kappa shape index (κ1) is 71.8. The molecule has 1 unspecified atom stereocenters. The summed E-state index contributed by atoms with van der Waals surface area (Å²) in [6, 6.07) is 0. The highest BCUT2D eigenvalue weighted by Crippen LogP contribution is 2.17. The summed E-state index contributed by atoms with van der Waals surface area (Å²) in [6.07, 6.45) is 82.0. The van der Waals surface area contributed by atoms with E-state index in [0.717, 1.165) is 116 Å². The van der Waals surface area contributed by atoms with Gasteiger partial charge in [-0.25, -0.2) is 0 Å². The van der Waals surface area contributed by atoms with Crippen LogP contribution < -0.4 is 0 Å². The maximum atomic E-state index is 12.9. The van der Waals surface area contributed by atoms with E-state index in [2.05, 4.69) is 93.7 Å². The summed E-state index contributed by atoms with van der Waals surface area (Å²) in [5, 5.41) is 0. The molecule has 0 N–H and O–H groups in total. The van der Waals surface area contributed by atoms with Crippen molar-refractivity contribution in [2.75, 3.05) is 13.2 Å². The third-order valence-electron chi connectivity index (χ3n) is 14.2. The van der Waals surface area contributed by atoms with E-state index in [0.29, 0.717) is 19.3 Å². The Labute approximate surface area is 465 Å². The van der Waals surface area contributed by atoms with E-state index >= 15 is 0 Å². The Hall–Kier alpha value is -3.15. The van der Waals surface area contributed by atoms with Gasteiger partial charge in [-0.3, -0.25) is 14.4 Å². The maximum absolute atomic E-state index is 12.9. The second-order valence-electron chi connectivity index (χ2n) is 21.6. The Morgan fingerprint density at radius 2 is 0.520 bits per heavy atom. The van der Waals surface area contributed by atoms with Crippen molar-refractivity contribution in [2.24, 2.45) is 0 Å². The number of hydrogen-bond acceptors (Lipinski definition) is 6. The Morgan fingerprint density at radius 3 is 0.853 bits per heavy atom. The molecule has 0 saturated carbocycles. The fourth-order valence-corrected chi connectivity index (χ4v) is 9.35. The van der Waals surface area contributed by atoms with Gasteiger partial charge < -0.3 is 14.2 Å². The monoisotopic (exact) mass is 1050 g/mol. The molecule has 0 aromatic heterocycles. The first-order chi connectivity index (χ1) is 37.0. The number of rotatable bonds is 59. The third-order valence-corrected chi connectivity index (χ3v) is 14.2. The minimum absolute atomic E-state index is 0.0832. The molecule has 1 atom stereocenters. The lowest BCUT2D eigenvalue weighted by molar-refractivity contribution is -0.167. The van der Waals surface area contributed by atoms with Crippen LogP contribution in [0.5, 0.6) is 0 Å². The molecular weight excluding hydrogens is 925 g/mol. The molecule has 0 aromatic rings. The molecule has 0 fully saturated rings. The molecule has 0 amide bonds. The minimum atomic E-state index is -0.789. The summed E-state index contributed by atoms with van der Waals surface area (Å²) in [6.45, 7) is 6.52. The lowest BCUT2D eigenvalue weighted by Gasteiger charge is -2.18. The molecule has 0 radical (unpaired) electrons. The van der Waals surface area contributed by atoms with Crippen LogP contribution >= 0.6 is 0 Å². The van der Waals surface area contributed by atoms with Gasteiger partial charge in [-0.15, -0.1) is 0 Å². The highest BCUT2D eigenvalue weighted by Gasteiger charge is 2.19. The van der Waals surface area contributed by atoms with Gasteiger partial charge in [-0.1, -0.05) is 293 Å². The van der Waals surface area contributed by atoms with Crippen LogP contribution in [-0.4, -0.2) is 37.2 Å². The van der Waals surface area contributed by atoms with Crippen LogP contribution in [0.25, 0.3) is 0 Å². The number of esters is 3. The van der Waals surface area contributed by atoms with E-state index in [9.17, 15) is 14.4 Å². The van der Waals surface area contributed by atoms with Crippen LogP contribution in [0.3, 0.4) is 0 Å². The molecule has 0 spiro atoms. The zero-order chi connectivity index (χ0) is 54.3. The lowest BCUT2D eigenvalue weighted by atomic mass is 10.0. The van der Waals surface area contributed by atoms with Crippen molar-refractivity contribution in [1.29, 1.82) is 0 Å². The van der Waals surface area contributed by atoms with Crippen molar-refractivity contribution < 1.29 is 28.6 Å². The van der Waals surface area contributed by atoms with Crippen LogP contribution in [0.4, 0.5) is 0 Å². The van der Waals surface area contributed by atoms with Crippen molar-refractivity contribution in [3.8, 4) is 0 Å². The summed E-state index contributed by atoms with van der Waals surface area (Å²) in [5.41, 5.74) is 0. The zero-order valence-corrected chi connectivity index (χ0v) is 49.8. The van der Waals surface area contributed by atoms with Gasteiger partial charge in [0, 0.05) is 19.3 Å². The van der Waals surface area contributed by atoms with Crippen molar-refractivity contribution in [1.82, 2.24) is 0 Å². The highest BCUT2D eigenvalue weighted by molar-refractivity contribution is 5.71. The Morgan fingerprint density at radius 1 is 0.280 bits per heavy atom. The van der Waals surface area contributed by atoms with Crippen LogP contribution in [0.2, 0.25) is 0 Å². The topological polar surface area (TPSA) is 78.9 Å². The lowest BCUT2D eigenvalue weighted by Crippen LogP contribution is -2.30. The molecule has 0 aromatic carbocycles. The van der Waals surface area contributed by atoms with Gasteiger partial charge >= 0.3 is 17.9 Å². The summed E-state index contributed by atoms with van der Waals surface area (Å²) in [7, 11) is 0. The molecule has 0 rings (SSSR count). The average Bonchev–Trinajstić information content (AvgIpc) is 3.41. The SMILES string of the molecule is CC/C=C\C/C=C\C/C=C\C/C=C\C/C=C\CCCCCCCC(=O)OC(COC(=O)CCCCCCC/C=C\CCCCC)COC(=O)CCCCCCCCCCCCCCCCCCCCCCCCCC. The van der Waals surface area contributed by atoms with E-state index in [1.54, 1.807) is 0 Å². The number of carbonyl (C=O) groups excluding carboxylic acids is 3. The van der Waals surface area contributed by atoms with Crippen LogP contribution in [0.1, 0.15) is 329 Å². The summed E-state index contributed by atoms with van der Waals surface area (Å²) < 4.78 is 16.9. The normalized spacial score (nSPS) is 12.5. The molecule has 75 heavy (non-hydrogen) atoms. The van der Waals surface area contributed by atoms with Crippen LogP contribution in [0.15, 0.2) is 72.9 Å². The van der Waals surface area contributed by atoms with Crippen LogP contribution in [0, 0.1) is 0 Å². The fourth-order valence-electron chi connectivity index (χ4n) is 9.35. The minimum Gasteiger partial charge on any atom is -0.462 e. The van der Waals surface area contributed by atoms with Crippen molar-refractivity contribution in [3.05, 3.63) is 72.9 Å². The maximum Gasteiger partial charge on any atom is 0.306 e. The summed E-state index contributed by atoms with van der Waals surface area (Å²) in [5.74, 6) is -0.897. The molecule has 0 saturated heterocycles. The first-order valence-electron chi connectivity index (χ1n) is 32.4. The zero-order valence-electron chi connectivity index (χ0n) is 49.8. The number of carbonyl (C=O) groups is 3. The standard InChI is InChI=1S/C69H122O6/c1-4-7-10-13-16-19-22-25-27-29-31-33-34-35-37-38-40-42-44-47-50-53-56-59-62-68(71)74-65-66(64-73-67(70)61-58-55-52-49-46-24-21-18-15-12-9-6-3)75-69(72)63-60-57-54-51-48-45-43-41-39-36-32-30-28-26-23-20-17-14-11-8-5-2/h8,11,17-18,20-21,26,28,32,36,41,43,66H,4-7,9-10,12-16,19,22-25,27,29-31,33-35,37-40,42,44-65H2,1-3H3/b11-8-,20-17-,21-18-,28-26-,36-32-,43-41-. The second-order valence-corrected chi connectivity index (χ2v) is 21.6. The van der Waals surface area contributed by atoms with E-state index < -0.39 is 6.10 Å². The van der Waals surface area contributed by atoms with Gasteiger partial charge in [-0.2, -0.15) is 0 Å². The quantitative estimate of drug-likeness (QED) is 0.0261. The van der Waals surface area contributed by atoms with Gasteiger partial charge in [0.25, 0.3) is 0 Å². The number of unbranched alkanes of at least 4 members (excludes halogenated alkanes) is 36. The number of ether oxygens (including phenoxy) is 3. The Bertz CT molecular complexity index is 1390. The summed E-state index contributed by atoms with van der Waals surface area (Å²) in [4.78, 5) is 38.3. The molecule has 434 valence electrons. The molecule has 0 heterocycles. The van der Waals surface area contributed by atoms with Crippen LogP contribution in [-0.2, 0) is 28.6 Å². The molecular formula is C69H122O6. The smallest absolute Gasteiger partial charge is 0.306 e. The molecule has 0 bridgehead atoms. The average molecular weight is 1050 g/mol. The van der Waals surface area contributed by atoms with Gasteiger partial charge in [-0.05, 0) is 89.9 Å². The molecule has 6 heteroatoms. The van der Waals surface area contributed by atoms with E-state index in [4.69, 9.17) is 14.2 Å². The predicted octanol–water partition coefficient (Wildman–Crippen LogP) is 22.1. The predicted molar refractivity (Wildman–Crippen MR) is 325 cm³/mol. The Kier molecular flexibility index (Phi) is 60.7. The van der Waals surface area contributed by atoms with Gasteiger partial charge in [0.05, 0.1) is 0 Å². The van der Waals surface area contributed by atoms with E-state index in [1.165, 1.54) is 173 Å². The third kappa shape index (κ3) is 61.6. The van der Waals surface area contributed by atoms with Crippen molar-refractivity contribution >= 4 is 17.9 Å². The first-order valence-corrected chi connectivity index (χ1v) is 32.4. The van der Waals surface area contributed by atoms with Gasteiger partial charge in [0.1, 0.15) is 13.2 Å². The molecule has 0 aliphatic rings. The van der Waals surface area contributed by atoms with Crippen molar-refractivity contribution in [3.63, 3.8) is 0 Å². The molecule has 0 aliphatic heterocycles. The van der Waals surface area contributed by atoms with E-state index in [-0.39, 0.29) is 31.1 Å². The summed E-state index contributed by atoms with van der Waals surface area (Å²) >= 11 is 0. The number of hydrogen-bond donors (Lipinski definition) is 0. The number of allylic oxidation sites excluding steroid dienone is 12. The van der Waals surface area contributed by atoms with Gasteiger partial charge in [0.15, 0.2) is 6.10 Å². The highest BCUT2D eigenvalue weighted by atomic mass is 16.6. The van der Waals surface area contributed by atoms with E-state index in [1.807, 2.05) is 0 Å². The van der Waals surface area contributed by atoms with Gasteiger partial charge in [0.2, 0.25) is 0 Å². The fraction of sp³-hybridized carbons (Fsp3) is 0.783. The molecule has 0 aliphatic carbocycles. The van der Waals surface area contributed by atoms with Crippen molar-refractivity contribution in [2.45, 2.75) is 335 Å².